The van der Waals surface area contributed by atoms with Crippen LogP contribution in [0.3, 0.4) is 0 Å². The van der Waals surface area contributed by atoms with Crippen molar-refractivity contribution in [3.05, 3.63) is 74.3 Å². The quantitative estimate of drug-likeness (QED) is 0.527. The fraction of sp³-hybridized carbons (Fsp3) is 0.235. The zero-order valence-corrected chi connectivity index (χ0v) is 14.0. The maximum atomic E-state index is 12.1. The molecule has 0 aliphatic rings. The zero-order valence-electron chi connectivity index (χ0n) is 14.0. The molecule has 0 saturated heterocycles. The third-order valence-corrected chi connectivity index (χ3v) is 3.64. The summed E-state index contributed by atoms with van der Waals surface area (Å²) < 4.78 is 0. The van der Waals surface area contributed by atoms with Crippen LogP contribution in [-0.4, -0.2) is 27.9 Å². The molecule has 0 spiro atoms. The van der Waals surface area contributed by atoms with Crippen LogP contribution >= 0.6 is 0 Å². The highest BCUT2D eigenvalue weighted by atomic mass is 16.7. The summed E-state index contributed by atoms with van der Waals surface area (Å²) in [6.45, 7) is 0. The summed E-state index contributed by atoms with van der Waals surface area (Å²) in [7, 11) is 1.34. The molecule has 0 aliphatic carbocycles. The molecule has 0 radical (unpaired) electrons. The molecule has 2 aromatic rings. The van der Waals surface area contributed by atoms with Crippen LogP contribution < -0.4 is 4.84 Å². The summed E-state index contributed by atoms with van der Waals surface area (Å²) in [5.74, 6) is -0.590. The second-order valence-corrected chi connectivity index (χ2v) is 5.49. The summed E-state index contributed by atoms with van der Waals surface area (Å²) in [6, 6.07) is 12.6. The number of carbonyl (C=O) groups is 1. The lowest BCUT2D eigenvalue weighted by Gasteiger charge is -2.17. The maximum Gasteiger partial charge on any atom is 0.321 e. The molecule has 0 aromatic heterocycles. The van der Waals surface area contributed by atoms with Crippen LogP contribution in [0.4, 0.5) is 11.4 Å². The van der Waals surface area contributed by atoms with E-state index in [1.165, 1.54) is 7.05 Å². The van der Waals surface area contributed by atoms with E-state index in [1.807, 2.05) is 30.3 Å². The first-order chi connectivity index (χ1) is 12.4. The fourth-order valence-electron chi connectivity index (χ4n) is 2.28. The zero-order chi connectivity index (χ0) is 19.1. The summed E-state index contributed by atoms with van der Waals surface area (Å²) in [5, 5.41) is 22.7. The van der Waals surface area contributed by atoms with Crippen molar-refractivity contribution in [3.8, 4) is 5.75 Å². The molecule has 136 valence electrons. The third kappa shape index (κ3) is 5.00. The van der Waals surface area contributed by atoms with E-state index in [2.05, 4.69) is 0 Å². The van der Waals surface area contributed by atoms with Gasteiger partial charge >= 0.3 is 5.69 Å². The molecule has 9 nitrogen and oxygen atoms in total. The van der Waals surface area contributed by atoms with Gasteiger partial charge in [-0.05, 0) is 24.5 Å². The Morgan fingerprint density at radius 1 is 1.08 bits per heavy atom. The summed E-state index contributed by atoms with van der Waals surface area (Å²) in [4.78, 5) is 37.6. The molecule has 26 heavy (non-hydrogen) atoms. The molecule has 2 aromatic carbocycles. The van der Waals surface area contributed by atoms with E-state index in [-0.39, 0.29) is 18.1 Å². The molecule has 0 fully saturated rings. The molecular formula is C17H17N3O6. The van der Waals surface area contributed by atoms with Crippen LogP contribution in [0.2, 0.25) is 0 Å². The minimum Gasteiger partial charge on any atom is -0.370 e. The highest BCUT2D eigenvalue weighted by molar-refractivity contribution is 5.75. The molecule has 1 amide bonds. The Kier molecular flexibility index (Phi) is 6.20. The van der Waals surface area contributed by atoms with E-state index in [1.54, 1.807) is 0 Å². The SMILES string of the molecule is CN(Oc1ccc([N+](=O)[O-])cc1[N+](=O)[O-])C(=O)CCCc1ccccc1. The van der Waals surface area contributed by atoms with E-state index in [9.17, 15) is 25.0 Å². The largest absolute Gasteiger partial charge is 0.370 e. The summed E-state index contributed by atoms with van der Waals surface area (Å²) in [6.07, 6.45) is 1.52. The molecule has 0 N–H and O–H groups in total. The van der Waals surface area contributed by atoms with E-state index in [0.29, 0.717) is 6.42 Å². The Balaban J connectivity index is 1.97. The van der Waals surface area contributed by atoms with Crippen molar-refractivity contribution < 1.29 is 19.5 Å². The standard InChI is InChI=1S/C17H17N3O6/c1-18(17(21)9-5-8-13-6-3-2-4-7-13)26-16-11-10-14(19(22)23)12-15(16)20(24)25/h2-4,6-7,10-12H,5,8-9H2,1H3. The first-order valence-electron chi connectivity index (χ1n) is 7.79. The van der Waals surface area contributed by atoms with Crippen molar-refractivity contribution in [1.29, 1.82) is 0 Å². The number of hydroxylamine groups is 2. The smallest absolute Gasteiger partial charge is 0.321 e. The van der Waals surface area contributed by atoms with Gasteiger partial charge in [0.1, 0.15) is 0 Å². The minimum atomic E-state index is -0.796. The van der Waals surface area contributed by atoms with Crippen molar-refractivity contribution in [2.45, 2.75) is 19.3 Å². The van der Waals surface area contributed by atoms with E-state index >= 15 is 0 Å². The average Bonchev–Trinajstić information content (AvgIpc) is 2.62. The van der Waals surface area contributed by atoms with Crippen molar-refractivity contribution in [2.24, 2.45) is 0 Å². The molecule has 0 bridgehead atoms. The predicted molar refractivity (Wildman–Crippen MR) is 92.5 cm³/mol. The number of carbonyl (C=O) groups excluding carboxylic acids is 1. The fourth-order valence-corrected chi connectivity index (χ4v) is 2.28. The van der Waals surface area contributed by atoms with Gasteiger partial charge in [-0.25, -0.2) is 0 Å². The topological polar surface area (TPSA) is 116 Å². The van der Waals surface area contributed by atoms with Gasteiger partial charge in [-0.3, -0.25) is 25.0 Å². The number of hydrogen-bond donors (Lipinski definition) is 0. The number of hydrogen-bond acceptors (Lipinski definition) is 6. The molecule has 0 atom stereocenters. The van der Waals surface area contributed by atoms with Crippen LogP contribution in [0.15, 0.2) is 48.5 Å². The monoisotopic (exact) mass is 359 g/mol. The summed E-state index contributed by atoms with van der Waals surface area (Å²) >= 11 is 0. The normalized spacial score (nSPS) is 10.2. The number of rotatable bonds is 8. The highest BCUT2D eigenvalue weighted by Gasteiger charge is 2.23. The number of non-ortho nitro benzene ring substituents is 1. The lowest BCUT2D eigenvalue weighted by atomic mass is 10.1. The molecule has 9 heteroatoms. The average molecular weight is 359 g/mol. The van der Waals surface area contributed by atoms with Crippen LogP contribution in [0.25, 0.3) is 0 Å². The number of nitrogens with zero attached hydrogens (tertiary/aromatic N) is 3. The highest BCUT2D eigenvalue weighted by Crippen LogP contribution is 2.31. The number of nitro groups is 2. The maximum absolute atomic E-state index is 12.1. The van der Waals surface area contributed by atoms with Crippen LogP contribution in [0, 0.1) is 20.2 Å². The second-order valence-electron chi connectivity index (χ2n) is 5.49. The van der Waals surface area contributed by atoms with Gasteiger partial charge in [-0.1, -0.05) is 30.3 Å². The van der Waals surface area contributed by atoms with Crippen molar-refractivity contribution in [2.75, 3.05) is 7.05 Å². The van der Waals surface area contributed by atoms with Gasteiger partial charge in [0.2, 0.25) is 5.75 Å². The summed E-state index contributed by atoms with van der Waals surface area (Å²) in [5.41, 5.74) is 0.0962. The van der Waals surface area contributed by atoms with Gasteiger partial charge < -0.3 is 4.84 Å². The number of amides is 1. The Morgan fingerprint density at radius 3 is 2.38 bits per heavy atom. The molecule has 0 aliphatic heterocycles. The van der Waals surface area contributed by atoms with E-state index in [4.69, 9.17) is 4.84 Å². The molecule has 2 rings (SSSR count). The van der Waals surface area contributed by atoms with Gasteiger partial charge in [-0.2, -0.15) is 5.06 Å². The molecule has 0 heterocycles. The second kappa shape index (κ2) is 8.56. The Hall–Kier alpha value is -3.49. The Labute approximate surface area is 149 Å². The lowest BCUT2D eigenvalue weighted by molar-refractivity contribution is -0.395. The number of benzene rings is 2. The van der Waals surface area contributed by atoms with Gasteiger partial charge in [0.05, 0.1) is 15.9 Å². The number of nitro benzene ring substituents is 2. The van der Waals surface area contributed by atoms with Crippen molar-refractivity contribution in [1.82, 2.24) is 5.06 Å². The first kappa shape index (κ1) is 18.8. The third-order valence-electron chi connectivity index (χ3n) is 3.64. The van der Waals surface area contributed by atoms with Gasteiger partial charge in [0.15, 0.2) is 0 Å². The first-order valence-corrected chi connectivity index (χ1v) is 7.79. The van der Waals surface area contributed by atoms with Gasteiger partial charge in [-0.15, -0.1) is 0 Å². The predicted octanol–water partition coefficient (Wildman–Crippen LogP) is 3.28. The number of aryl methyl sites for hydroxylation is 1. The van der Waals surface area contributed by atoms with Crippen LogP contribution in [0.5, 0.6) is 5.75 Å². The van der Waals surface area contributed by atoms with Crippen LogP contribution in [0.1, 0.15) is 18.4 Å². The van der Waals surface area contributed by atoms with Crippen LogP contribution in [-0.2, 0) is 11.2 Å². The van der Waals surface area contributed by atoms with Crippen molar-refractivity contribution in [3.63, 3.8) is 0 Å². The van der Waals surface area contributed by atoms with Gasteiger partial charge in [0, 0.05) is 19.5 Å². The van der Waals surface area contributed by atoms with E-state index < -0.39 is 21.2 Å². The Morgan fingerprint density at radius 2 is 1.77 bits per heavy atom. The van der Waals surface area contributed by atoms with Gasteiger partial charge in [0.25, 0.3) is 11.6 Å². The molecular weight excluding hydrogens is 342 g/mol. The van der Waals surface area contributed by atoms with Crippen molar-refractivity contribution >= 4 is 17.3 Å². The Bertz CT molecular complexity index is 809. The minimum absolute atomic E-state index is 0.201. The van der Waals surface area contributed by atoms with E-state index in [0.717, 1.165) is 35.2 Å². The lowest BCUT2D eigenvalue weighted by Crippen LogP contribution is -2.30. The molecule has 0 unspecified atom stereocenters. The molecule has 0 saturated carbocycles.